The number of hydrogen-bond acceptors (Lipinski definition) is 3. The zero-order valence-electron chi connectivity index (χ0n) is 7.36. The van der Waals surface area contributed by atoms with E-state index in [0.29, 0.717) is 0 Å². The van der Waals surface area contributed by atoms with Crippen molar-refractivity contribution in [1.82, 2.24) is 0 Å². The zero-order valence-corrected chi connectivity index (χ0v) is 8.99. The van der Waals surface area contributed by atoms with Crippen LogP contribution in [-0.4, -0.2) is 0 Å². The van der Waals surface area contributed by atoms with Crippen molar-refractivity contribution < 1.29 is 0 Å². The first-order chi connectivity index (χ1) is 6.27. The minimum absolute atomic E-state index is 0.0601. The van der Waals surface area contributed by atoms with Gasteiger partial charge in [-0.05, 0) is 35.4 Å². The van der Waals surface area contributed by atoms with Gasteiger partial charge in [0.25, 0.3) is 0 Å². The monoisotopic (exact) mass is 209 g/mol. The molecule has 0 saturated carbocycles. The van der Waals surface area contributed by atoms with Gasteiger partial charge in [0, 0.05) is 9.75 Å². The highest BCUT2D eigenvalue weighted by Gasteiger charge is 2.10. The molecule has 0 bridgehead atoms. The summed E-state index contributed by atoms with van der Waals surface area (Å²) in [5.41, 5.74) is 7.32. The Morgan fingerprint density at radius 2 is 2.23 bits per heavy atom. The van der Waals surface area contributed by atoms with E-state index in [0.717, 1.165) is 0 Å². The summed E-state index contributed by atoms with van der Waals surface area (Å²) in [6.07, 6.45) is 0. The summed E-state index contributed by atoms with van der Waals surface area (Å²) in [5.74, 6) is 0. The van der Waals surface area contributed by atoms with Crippen molar-refractivity contribution in [3.63, 3.8) is 0 Å². The predicted molar refractivity (Wildman–Crippen MR) is 59.4 cm³/mol. The lowest BCUT2D eigenvalue weighted by Crippen LogP contribution is -2.08. The Bertz CT molecular complexity index is 375. The molecule has 2 rings (SSSR count). The number of thiophene rings is 2. The van der Waals surface area contributed by atoms with Gasteiger partial charge in [0.15, 0.2) is 0 Å². The summed E-state index contributed by atoms with van der Waals surface area (Å²) < 4.78 is 0. The molecule has 1 unspecified atom stereocenters. The molecule has 0 aliphatic heterocycles. The van der Waals surface area contributed by atoms with Gasteiger partial charge in [-0.1, -0.05) is 6.07 Å². The molecule has 3 heteroatoms. The summed E-state index contributed by atoms with van der Waals surface area (Å²) in [5, 5.41) is 4.20. The molecule has 0 spiro atoms. The summed E-state index contributed by atoms with van der Waals surface area (Å²) in [7, 11) is 0. The number of rotatable bonds is 2. The Morgan fingerprint density at radius 1 is 1.38 bits per heavy atom. The molecule has 0 aliphatic rings. The second kappa shape index (κ2) is 3.62. The maximum absolute atomic E-state index is 6.09. The van der Waals surface area contributed by atoms with E-state index in [1.165, 1.54) is 15.3 Å². The molecule has 0 aliphatic carbocycles. The molecule has 0 radical (unpaired) electrons. The molecule has 13 heavy (non-hydrogen) atoms. The number of aryl methyl sites for hydroxylation is 1. The molecule has 0 amide bonds. The summed E-state index contributed by atoms with van der Waals surface area (Å²) in [6.45, 7) is 2.11. The van der Waals surface area contributed by atoms with Gasteiger partial charge in [0.1, 0.15) is 0 Å². The first kappa shape index (κ1) is 8.94. The van der Waals surface area contributed by atoms with Crippen LogP contribution >= 0.6 is 22.7 Å². The van der Waals surface area contributed by atoms with Crippen LogP contribution in [0.4, 0.5) is 0 Å². The third kappa shape index (κ3) is 1.82. The van der Waals surface area contributed by atoms with Crippen LogP contribution in [-0.2, 0) is 0 Å². The van der Waals surface area contributed by atoms with Crippen molar-refractivity contribution in [1.29, 1.82) is 0 Å². The average molecular weight is 209 g/mol. The molecule has 2 aromatic heterocycles. The fraction of sp³-hybridized carbons (Fsp3) is 0.200. The van der Waals surface area contributed by atoms with Crippen molar-refractivity contribution in [2.24, 2.45) is 5.73 Å². The highest BCUT2D eigenvalue weighted by Crippen LogP contribution is 2.26. The Kier molecular flexibility index (Phi) is 2.49. The van der Waals surface area contributed by atoms with E-state index in [2.05, 4.69) is 29.8 Å². The van der Waals surface area contributed by atoms with Gasteiger partial charge >= 0.3 is 0 Å². The van der Waals surface area contributed by atoms with Gasteiger partial charge in [-0.2, -0.15) is 0 Å². The largest absolute Gasteiger partial charge is 0.320 e. The molecule has 2 aromatic rings. The Hall–Kier alpha value is -0.640. The third-order valence-electron chi connectivity index (χ3n) is 1.96. The van der Waals surface area contributed by atoms with Crippen molar-refractivity contribution in [2.75, 3.05) is 0 Å². The SMILES string of the molecule is Cc1cc(C(N)c2cccs2)cs1. The maximum Gasteiger partial charge on any atom is 0.0654 e. The van der Waals surface area contributed by atoms with E-state index in [4.69, 9.17) is 5.73 Å². The van der Waals surface area contributed by atoms with Gasteiger partial charge in [-0.25, -0.2) is 0 Å². The maximum atomic E-state index is 6.09. The van der Waals surface area contributed by atoms with Crippen LogP contribution in [0.25, 0.3) is 0 Å². The standard InChI is InChI=1S/C10H11NS2/c1-7-5-8(6-13-7)10(11)9-3-2-4-12-9/h2-6,10H,11H2,1H3. The Labute approximate surface area is 85.8 Å². The smallest absolute Gasteiger partial charge is 0.0654 e. The molecule has 1 atom stereocenters. The molecular weight excluding hydrogens is 198 g/mol. The van der Waals surface area contributed by atoms with Crippen molar-refractivity contribution >= 4 is 22.7 Å². The highest BCUT2D eigenvalue weighted by atomic mass is 32.1. The molecule has 2 N–H and O–H groups in total. The Balaban J connectivity index is 2.28. The summed E-state index contributed by atoms with van der Waals surface area (Å²) >= 11 is 3.47. The van der Waals surface area contributed by atoms with E-state index in [-0.39, 0.29) is 6.04 Å². The van der Waals surface area contributed by atoms with Gasteiger partial charge < -0.3 is 5.73 Å². The van der Waals surface area contributed by atoms with Gasteiger partial charge in [-0.15, -0.1) is 22.7 Å². The van der Waals surface area contributed by atoms with Gasteiger partial charge in [0.2, 0.25) is 0 Å². The lowest BCUT2D eigenvalue weighted by Gasteiger charge is -2.05. The zero-order chi connectivity index (χ0) is 9.26. The van der Waals surface area contributed by atoms with Gasteiger partial charge in [-0.3, -0.25) is 0 Å². The summed E-state index contributed by atoms with van der Waals surface area (Å²) in [6, 6.07) is 6.35. The van der Waals surface area contributed by atoms with Crippen molar-refractivity contribution in [3.05, 3.63) is 44.3 Å². The minimum atomic E-state index is 0.0601. The highest BCUT2D eigenvalue weighted by molar-refractivity contribution is 7.10. The van der Waals surface area contributed by atoms with Gasteiger partial charge in [0.05, 0.1) is 6.04 Å². The van der Waals surface area contributed by atoms with Crippen LogP contribution in [0, 0.1) is 6.92 Å². The molecule has 2 heterocycles. The second-order valence-corrected chi connectivity index (χ2v) is 5.08. The molecule has 68 valence electrons. The van der Waals surface area contributed by atoms with Crippen LogP contribution in [0.5, 0.6) is 0 Å². The molecule has 0 aromatic carbocycles. The van der Waals surface area contributed by atoms with Crippen molar-refractivity contribution in [2.45, 2.75) is 13.0 Å². The van der Waals surface area contributed by atoms with E-state index in [1.54, 1.807) is 22.7 Å². The normalized spacial score (nSPS) is 13.1. The fourth-order valence-corrected chi connectivity index (χ4v) is 2.75. The number of nitrogens with two attached hydrogens (primary N) is 1. The van der Waals surface area contributed by atoms with Crippen LogP contribution in [0.2, 0.25) is 0 Å². The second-order valence-electron chi connectivity index (χ2n) is 2.98. The lowest BCUT2D eigenvalue weighted by molar-refractivity contribution is 0.899. The first-order valence-electron chi connectivity index (χ1n) is 4.11. The van der Waals surface area contributed by atoms with Crippen LogP contribution in [0.15, 0.2) is 29.0 Å². The number of hydrogen-bond donors (Lipinski definition) is 1. The third-order valence-corrected chi connectivity index (χ3v) is 3.79. The van der Waals surface area contributed by atoms with E-state index in [1.807, 2.05) is 6.07 Å². The molecule has 0 fully saturated rings. The van der Waals surface area contributed by atoms with E-state index >= 15 is 0 Å². The Morgan fingerprint density at radius 3 is 2.77 bits per heavy atom. The molecular formula is C10H11NS2. The fourth-order valence-electron chi connectivity index (χ4n) is 1.26. The quantitative estimate of drug-likeness (QED) is 0.807. The van der Waals surface area contributed by atoms with Crippen LogP contribution < -0.4 is 5.73 Å². The first-order valence-corrected chi connectivity index (χ1v) is 5.87. The van der Waals surface area contributed by atoms with Crippen LogP contribution in [0.1, 0.15) is 21.4 Å². The predicted octanol–water partition coefficient (Wildman–Crippen LogP) is 3.17. The average Bonchev–Trinajstić information content (AvgIpc) is 2.72. The molecule has 1 nitrogen and oxygen atoms in total. The lowest BCUT2D eigenvalue weighted by atomic mass is 10.1. The topological polar surface area (TPSA) is 26.0 Å². The van der Waals surface area contributed by atoms with Crippen molar-refractivity contribution in [3.8, 4) is 0 Å². The summed E-state index contributed by atoms with van der Waals surface area (Å²) in [4.78, 5) is 2.56. The minimum Gasteiger partial charge on any atom is -0.320 e. The van der Waals surface area contributed by atoms with Crippen LogP contribution in [0.3, 0.4) is 0 Å². The molecule has 0 saturated heterocycles. The van der Waals surface area contributed by atoms with E-state index < -0.39 is 0 Å². The van der Waals surface area contributed by atoms with E-state index in [9.17, 15) is 0 Å².